The summed E-state index contributed by atoms with van der Waals surface area (Å²) in [6.45, 7) is 0.197. The van der Waals surface area contributed by atoms with Crippen molar-refractivity contribution < 1.29 is 4.79 Å². The molecule has 0 saturated heterocycles. The number of carbonyl (C=O) groups excluding carboxylic acids is 1. The Morgan fingerprint density at radius 3 is 2.56 bits per heavy atom. The highest BCUT2D eigenvalue weighted by Crippen LogP contribution is 2.34. The molecule has 4 rings (SSSR count). The third-order valence-electron chi connectivity index (χ3n) is 4.81. The number of nitrogens with zero attached hydrogens (tertiary/aromatic N) is 2. The summed E-state index contributed by atoms with van der Waals surface area (Å²) in [5.41, 5.74) is 1.65. The Hall–Kier alpha value is -3.15. The maximum atomic E-state index is 12.7. The van der Waals surface area contributed by atoms with Crippen LogP contribution in [0.25, 0.3) is 10.9 Å². The van der Waals surface area contributed by atoms with Gasteiger partial charge in [0.2, 0.25) is 5.91 Å². The number of fused-ring (bicyclic) bond motifs is 2. The van der Waals surface area contributed by atoms with Crippen molar-refractivity contribution in [2.24, 2.45) is 7.05 Å². The number of aryl methyl sites for hydroxylation is 1. The normalized spacial score (nSPS) is 16.0. The first kappa shape index (κ1) is 15.4. The summed E-state index contributed by atoms with van der Waals surface area (Å²) in [5, 5.41) is 3.35. The molecule has 6 heteroatoms. The number of rotatable bonds is 3. The summed E-state index contributed by atoms with van der Waals surface area (Å²) < 4.78 is 2.69. The summed E-state index contributed by atoms with van der Waals surface area (Å²) in [7, 11) is 1.65. The van der Waals surface area contributed by atoms with Crippen LogP contribution < -0.4 is 16.6 Å². The number of para-hydroxylation sites is 2. The van der Waals surface area contributed by atoms with Gasteiger partial charge in [-0.05, 0) is 30.2 Å². The van der Waals surface area contributed by atoms with Crippen LogP contribution in [-0.2, 0) is 18.4 Å². The average molecular weight is 335 g/mol. The molecule has 1 amide bonds. The van der Waals surface area contributed by atoms with Crippen LogP contribution in [0.4, 0.5) is 5.69 Å². The lowest BCUT2D eigenvalue weighted by Crippen LogP contribution is -2.39. The van der Waals surface area contributed by atoms with E-state index in [1.165, 1.54) is 9.13 Å². The van der Waals surface area contributed by atoms with Gasteiger partial charge < -0.3 is 5.32 Å². The van der Waals surface area contributed by atoms with Crippen molar-refractivity contribution in [2.45, 2.75) is 18.9 Å². The Morgan fingerprint density at radius 1 is 1.00 bits per heavy atom. The molecule has 6 nitrogen and oxygen atoms in total. The average Bonchev–Trinajstić information content (AvgIpc) is 2.95. The minimum absolute atomic E-state index is 0.0909. The highest BCUT2D eigenvalue weighted by molar-refractivity contribution is 6.02. The molecule has 0 bridgehead atoms. The first-order valence-corrected chi connectivity index (χ1v) is 8.16. The Kier molecular flexibility index (Phi) is 3.53. The van der Waals surface area contributed by atoms with E-state index < -0.39 is 0 Å². The van der Waals surface area contributed by atoms with E-state index in [2.05, 4.69) is 5.32 Å². The van der Waals surface area contributed by atoms with E-state index in [4.69, 9.17) is 0 Å². The van der Waals surface area contributed by atoms with Crippen molar-refractivity contribution in [1.29, 1.82) is 0 Å². The topological polar surface area (TPSA) is 73.1 Å². The Balaban J connectivity index is 1.72. The van der Waals surface area contributed by atoms with Crippen molar-refractivity contribution in [2.75, 3.05) is 5.32 Å². The fraction of sp³-hybridized carbons (Fsp3) is 0.211. The van der Waals surface area contributed by atoms with Crippen LogP contribution >= 0.6 is 0 Å². The molecule has 0 saturated carbocycles. The SMILES string of the molecule is Cn1c(=O)n(CCC2C(=O)Nc3ccccc32)c(=O)c2ccccc21. The fourth-order valence-electron chi connectivity index (χ4n) is 3.48. The van der Waals surface area contributed by atoms with Gasteiger partial charge in [-0.25, -0.2) is 4.79 Å². The lowest BCUT2D eigenvalue weighted by Gasteiger charge is -2.13. The summed E-state index contributed by atoms with van der Waals surface area (Å²) in [5.74, 6) is -0.439. The maximum Gasteiger partial charge on any atom is 0.331 e. The van der Waals surface area contributed by atoms with Crippen molar-refractivity contribution >= 4 is 22.5 Å². The van der Waals surface area contributed by atoms with Crippen LogP contribution in [0.5, 0.6) is 0 Å². The van der Waals surface area contributed by atoms with Gasteiger partial charge in [-0.1, -0.05) is 30.3 Å². The van der Waals surface area contributed by atoms with Crippen molar-refractivity contribution in [1.82, 2.24) is 9.13 Å². The van der Waals surface area contributed by atoms with Crippen LogP contribution in [0.2, 0.25) is 0 Å². The molecule has 126 valence electrons. The third-order valence-corrected chi connectivity index (χ3v) is 4.81. The molecule has 0 radical (unpaired) electrons. The van der Waals surface area contributed by atoms with Gasteiger partial charge in [-0.2, -0.15) is 0 Å². The predicted molar refractivity (Wildman–Crippen MR) is 95.9 cm³/mol. The molecule has 2 aromatic carbocycles. The molecule has 1 unspecified atom stereocenters. The van der Waals surface area contributed by atoms with Gasteiger partial charge in [0.1, 0.15) is 0 Å². The number of anilines is 1. The van der Waals surface area contributed by atoms with Crippen LogP contribution in [0.1, 0.15) is 17.9 Å². The van der Waals surface area contributed by atoms with Crippen LogP contribution in [0.15, 0.2) is 58.1 Å². The van der Waals surface area contributed by atoms with Gasteiger partial charge >= 0.3 is 5.69 Å². The molecule has 2 heterocycles. The number of amides is 1. The van der Waals surface area contributed by atoms with E-state index in [0.29, 0.717) is 17.3 Å². The van der Waals surface area contributed by atoms with Crippen LogP contribution in [0.3, 0.4) is 0 Å². The largest absolute Gasteiger partial charge is 0.331 e. The molecular formula is C19H17N3O3. The molecule has 1 aliphatic rings. The molecule has 0 fully saturated rings. The van der Waals surface area contributed by atoms with Crippen molar-refractivity contribution in [3.8, 4) is 0 Å². The second-order valence-corrected chi connectivity index (χ2v) is 6.23. The zero-order valence-electron chi connectivity index (χ0n) is 13.7. The summed E-state index contributed by atoms with van der Waals surface area (Å²) >= 11 is 0. The molecule has 0 spiro atoms. The molecule has 25 heavy (non-hydrogen) atoms. The first-order valence-electron chi connectivity index (χ1n) is 8.16. The van der Waals surface area contributed by atoms with Crippen LogP contribution in [-0.4, -0.2) is 15.0 Å². The Labute approximate surface area is 143 Å². The molecule has 3 aromatic rings. The van der Waals surface area contributed by atoms with E-state index in [9.17, 15) is 14.4 Å². The number of carbonyl (C=O) groups is 1. The second kappa shape index (κ2) is 5.73. The number of hydrogen-bond donors (Lipinski definition) is 1. The predicted octanol–water partition coefficient (Wildman–Crippen LogP) is 1.83. The summed E-state index contributed by atoms with van der Waals surface area (Å²) in [4.78, 5) is 37.5. The summed E-state index contributed by atoms with van der Waals surface area (Å²) in [6, 6.07) is 14.5. The highest BCUT2D eigenvalue weighted by atomic mass is 16.2. The highest BCUT2D eigenvalue weighted by Gasteiger charge is 2.30. The van der Waals surface area contributed by atoms with Gasteiger partial charge in [0.15, 0.2) is 0 Å². The monoisotopic (exact) mass is 335 g/mol. The van der Waals surface area contributed by atoms with Crippen molar-refractivity contribution in [3.05, 3.63) is 74.9 Å². The van der Waals surface area contributed by atoms with E-state index in [1.807, 2.05) is 24.3 Å². The lowest BCUT2D eigenvalue weighted by atomic mass is 9.97. The smallest absolute Gasteiger partial charge is 0.325 e. The standard InChI is InChI=1S/C19H17N3O3/c1-21-16-9-5-3-7-14(16)18(24)22(19(21)25)11-10-13-12-6-2-4-8-15(12)20-17(13)23/h2-9,13H,10-11H2,1H3,(H,20,23). The zero-order chi connectivity index (χ0) is 17.6. The Bertz CT molecular complexity index is 1110. The van der Waals surface area contributed by atoms with Gasteiger partial charge in [0, 0.05) is 19.3 Å². The van der Waals surface area contributed by atoms with Gasteiger partial charge in [-0.15, -0.1) is 0 Å². The maximum absolute atomic E-state index is 12.7. The fourth-order valence-corrected chi connectivity index (χ4v) is 3.48. The molecule has 1 atom stereocenters. The quantitative estimate of drug-likeness (QED) is 0.793. The van der Waals surface area contributed by atoms with E-state index >= 15 is 0 Å². The van der Waals surface area contributed by atoms with Gasteiger partial charge in [-0.3, -0.25) is 18.7 Å². The van der Waals surface area contributed by atoms with Crippen LogP contribution in [0, 0.1) is 0 Å². The zero-order valence-corrected chi connectivity index (χ0v) is 13.7. The minimum Gasteiger partial charge on any atom is -0.325 e. The number of nitrogens with one attached hydrogen (secondary N) is 1. The molecule has 1 aliphatic heterocycles. The molecule has 1 N–H and O–H groups in total. The molecular weight excluding hydrogens is 318 g/mol. The number of hydrogen-bond acceptors (Lipinski definition) is 3. The molecule has 0 aliphatic carbocycles. The third kappa shape index (κ3) is 2.38. The van der Waals surface area contributed by atoms with E-state index in [1.54, 1.807) is 31.3 Å². The van der Waals surface area contributed by atoms with E-state index in [-0.39, 0.29) is 29.6 Å². The number of benzene rings is 2. The molecule has 1 aromatic heterocycles. The van der Waals surface area contributed by atoms with Crippen molar-refractivity contribution in [3.63, 3.8) is 0 Å². The minimum atomic E-state index is -0.365. The second-order valence-electron chi connectivity index (χ2n) is 6.23. The van der Waals surface area contributed by atoms with Gasteiger partial charge in [0.05, 0.1) is 16.8 Å². The summed E-state index contributed by atoms with van der Waals surface area (Å²) in [6.07, 6.45) is 0.399. The first-order chi connectivity index (χ1) is 12.1. The number of aromatic nitrogens is 2. The lowest BCUT2D eigenvalue weighted by molar-refractivity contribution is -0.117. The Morgan fingerprint density at radius 2 is 1.72 bits per heavy atom. The van der Waals surface area contributed by atoms with Gasteiger partial charge in [0.25, 0.3) is 5.56 Å². The van der Waals surface area contributed by atoms with E-state index in [0.717, 1.165) is 11.3 Å².